The Hall–Kier alpha value is -0.960. The minimum absolute atomic E-state index is 0.0387. The van der Waals surface area contributed by atoms with Crippen LogP contribution in [0.1, 0.15) is 26.0 Å². The molecule has 1 atom stereocenters. The van der Waals surface area contributed by atoms with Gasteiger partial charge in [-0.05, 0) is 6.42 Å². The van der Waals surface area contributed by atoms with E-state index in [1.807, 2.05) is 13.8 Å². The number of hydrogen-bond donors (Lipinski definition) is 1. The average molecular weight is 164 g/mol. The molecule has 64 valence electrons. The van der Waals surface area contributed by atoms with Crippen LogP contribution in [0.2, 0.25) is 0 Å². The molecule has 0 aliphatic heterocycles. The zero-order valence-corrected chi connectivity index (χ0v) is 7.28. The third-order valence-electron chi connectivity index (χ3n) is 2.68. The van der Waals surface area contributed by atoms with E-state index in [1.54, 1.807) is 18.6 Å². The molecule has 0 bridgehead atoms. The fraction of sp³-hybridized carbons (Fsp3) is 0.556. The van der Waals surface area contributed by atoms with Gasteiger partial charge in [0, 0.05) is 17.8 Å². The van der Waals surface area contributed by atoms with Crippen LogP contribution in [0, 0.1) is 5.41 Å². The summed E-state index contributed by atoms with van der Waals surface area (Å²) in [4.78, 5) is 8.03. The smallest absolute Gasteiger partial charge is 0.114 e. The molecular formula is C9H12N2O. The highest BCUT2D eigenvalue weighted by atomic mass is 16.3. The Bertz CT molecular complexity index is 297. The van der Waals surface area contributed by atoms with Crippen molar-refractivity contribution in [2.75, 3.05) is 0 Å². The van der Waals surface area contributed by atoms with Gasteiger partial charge in [-0.25, -0.2) is 0 Å². The highest BCUT2D eigenvalue weighted by Gasteiger charge is 2.62. The van der Waals surface area contributed by atoms with E-state index in [-0.39, 0.29) is 5.41 Å². The van der Waals surface area contributed by atoms with Crippen LogP contribution in [0.4, 0.5) is 0 Å². The maximum Gasteiger partial charge on any atom is 0.114 e. The fourth-order valence-corrected chi connectivity index (χ4v) is 1.55. The summed E-state index contributed by atoms with van der Waals surface area (Å²) in [5, 5.41) is 10.0. The predicted octanol–water partition coefficient (Wildman–Crippen LogP) is 1.09. The van der Waals surface area contributed by atoms with E-state index in [0.717, 1.165) is 6.42 Å². The van der Waals surface area contributed by atoms with Crippen LogP contribution in [0.5, 0.6) is 0 Å². The molecule has 1 aliphatic rings. The Morgan fingerprint density at radius 1 is 1.42 bits per heavy atom. The average Bonchev–Trinajstić information content (AvgIpc) is 2.55. The lowest BCUT2D eigenvalue weighted by molar-refractivity contribution is 0.103. The molecule has 0 saturated heterocycles. The van der Waals surface area contributed by atoms with Crippen LogP contribution >= 0.6 is 0 Å². The van der Waals surface area contributed by atoms with Crippen molar-refractivity contribution in [3.63, 3.8) is 0 Å². The molecule has 1 aromatic heterocycles. The molecule has 1 aromatic rings. The summed E-state index contributed by atoms with van der Waals surface area (Å²) in [6.45, 7) is 4.06. The van der Waals surface area contributed by atoms with E-state index < -0.39 is 5.60 Å². The van der Waals surface area contributed by atoms with Gasteiger partial charge in [0.05, 0.1) is 11.9 Å². The summed E-state index contributed by atoms with van der Waals surface area (Å²) in [6.07, 6.45) is 5.64. The first-order valence-corrected chi connectivity index (χ1v) is 4.05. The Morgan fingerprint density at radius 2 is 2.08 bits per heavy atom. The number of aromatic nitrogens is 2. The van der Waals surface area contributed by atoms with Crippen molar-refractivity contribution >= 4 is 0 Å². The molecule has 1 aliphatic carbocycles. The second kappa shape index (κ2) is 2.04. The monoisotopic (exact) mass is 164 g/mol. The Balaban J connectivity index is 2.35. The molecular weight excluding hydrogens is 152 g/mol. The molecule has 0 radical (unpaired) electrons. The van der Waals surface area contributed by atoms with Gasteiger partial charge >= 0.3 is 0 Å². The molecule has 1 N–H and O–H groups in total. The second-order valence-electron chi connectivity index (χ2n) is 4.01. The van der Waals surface area contributed by atoms with Crippen LogP contribution in [0.15, 0.2) is 18.6 Å². The van der Waals surface area contributed by atoms with Crippen molar-refractivity contribution in [1.82, 2.24) is 9.97 Å². The molecule has 2 rings (SSSR count). The van der Waals surface area contributed by atoms with E-state index in [2.05, 4.69) is 9.97 Å². The van der Waals surface area contributed by atoms with Gasteiger partial charge < -0.3 is 5.11 Å². The highest BCUT2D eigenvalue weighted by Crippen LogP contribution is 2.61. The maximum absolute atomic E-state index is 10.0. The summed E-state index contributed by atoms with van der Waals surface area (Å²) in [7, 11) is 0. The Morgan fingerprint density at radius 3 is 2.50 bits per heavy atom. The SMILES string of the molecule is CC1(C)CC1(O)c1cnccn1. The topological polar surface area (TPSA) is 46.0 Å². The first kappa shape index (κ1) is 7.68. The van der Waals surface area contributed by atoms with Crippen molar-refractivity contribution in [1.29, 1.82) is 0 Å². The van der Waals surface area contributed by atoms with Crippen LogP contribution in [-0.4, -0.2) is 15.1 Å². The van der Waals surface area contributed by atoms with Crippen molar-refractivity contribution in [2.24, 2.45) is 5.41 Å². The van der Waals surface area contributed by atoms with Gasteiger partial charge in [0.25, 0.3) is 0 Å². The van der Waals surface area contributed by atoms with Gasteiger partial charge in [-0.2, -0.15) is 0 Å². The largest absolute Gasteiger partial charge is 0.383 e. The van der Waals surface area contributed by atoms with Gasteiger partial charge in [-0.15, -0.1) is 0 Å². The first-order chi connectivity index (χ1) is 5.56. The molecule has 1 unspecified atom stereocenters. The molecule has 1 fully saturated rings. The lowest BCUT2D eigenvalue weighted by Gasteiger charge is -2.11. The van der Waals surface area contributed by atoms with Crippen molar-refractivity contribution in [3.05, 3.63) is 24.3 Å². The third kappa shape index (κ3) is 0.862. The van der Waals surface area contributed by atoms with Crippen molar-refractivity contribution in [3.8, 4) is 0 Å². The van der Waals surface area contributed by atoms with Gasteiger partial charge in [0.2, 0.25) is 0 Å². The zero-order valence-electron chi connectivity index (χ0n) is 7.28. The van der Waals surface area contributed by atoms with Crippen molar-refractivity contribution in [2.45, 2.75) is 25.9 Å². The molecule has 0 aromatic carbocycles. The van der Waals surface area contributed by atoms with Gasteiger partial charge in [0.15, 0.2) is 0 Å². The number of nitrogens with zero attached hydrogens (tertiary/aromatic N) is 2. The number of aliphatic hydroxyl groups is 1. The predicted molar refractivity (Wildman–Crippen MR) is 44.3 cm³/mol. The van der Waals surface area contributed by atoms with E-state index >= 15 is 0 Å². The summed E-state index contributed by atoms with van der Waals surface area (Å²) in [5.41, 5.74) is -0.0837. The van der Waals surface area contributed by atoms with Crippen LogP contribution in [-0.2, 0) is 5.60 Å². The molecule has 0 spiro atoms. The summed E-state index contributed by atoms with van der Waals surface area (Å²) in [6, 6.07) is 0. The standard InChI is InChI=1S/C9H12N2O/c1-8(2)6-9(8,12)7-5-10-3-4-11-7/h3-5,12H,6H2,1-2H3. The zero-order chi connectivity index (χ0) is 8.82. The molecule has 1 heterocycles. The van der Waals surface area contributed by atoms with E-state index in [4.69, 9.17) is 0 Å². The van der Waals surface area contributed by atoms with Crippen molar-refractivity contribution < 1.29 is 5.11 Å². The Labute approximate surface area is 71.5 Å². The minimum Gasteiger partial charge on any atom is -0.383 e. The number of rotatable bonds is 1. The van der Waals surface area contributed by atoms with Gasteiger partial charge in [0.1, 0.15) is 5.60 Å². The summed E-state index contributed by atoms with van der Waals surface area (Å²) in [5.74, 6) is 0. The second-order valence-corrected chi connectivity index (χ2v) is 4.01. The van der Waals surface area contributed by atoms with E-state index in [1.165, 1.54) is 0 Å². The molecule has 3 nitrogen and oxygen atoms in total. The first-order valence-electron chi connectivity index (χ1n) is 4.05. The molecule has 12 heavy (non-hydrogen) atoms. The van der Waals surface area contributed by atoms with Crippen LogP contribution in [0.25, 0.3) is 0 Å². The normalized spacial score (nSPS) is 31.6. The van der Waals surface area contributed by atoms with Gasteiger partial charge in [-0.3, -0.25) is 9.97 Å². The minimum atomic E-state index is -0.735. The molecule has 1 saturated carbocycles. The van der Waals surface area contributed by atoms with Crippen LogP contribution < -0.4 is 0 Å². The maximum atomic E-state index is 10.0. The number of hydrogen-bond acceptors (Lipinski definition) is 3. The Kier molecular flexibility index (Phi) is 1.31. The molecule has 3 heteroatoms. The van der Waals surface area contributed by atoms with E-state index in [0.29, 0.717) is 5.69 Å². The quantitative estimate of drug-likeness (QED) is 0.676. The van der Waals surface area contributed by atoms with Crippen LogP contribution in [0.3, 0.4) is 0 Å². The third-order valence-corrected chi connectivity index (χ3v) is 2.68. The van der Waals surface area contributed by atoms with Gasteiger partial charge in [-0.1, -0.05) is 13.8 Å². The van der Waals surface area contributed by atoms with E-state index in [9.17, 15) is 5.11 Å². The lowest BCUT2D eigenvalue weighted by atomic mass is 10.1. The lowest BCUT2D eigenvalue weighted by Crippen LogP contribution is -2.14. The fourth-order valence-electron chi connectivity index (χ4n) is 1.55. The summed E-state index contributed by atoms with van der Waals surface area (Å²) >= 11 is 0. The molecule has 0 amide bonds. The summed E-state index contributed by atoms with van der Waals surface area (Å²) < 4.78 is 0. The highest BCUT2D eigenvalue weighted by molar-refractivity contribution is 5.24.